The molecule has 0 saturated carbocycles. The molecule has 0 aliphatic carbocycles. The van der Waals surface area contributed by atoms with Crippen molar-refractivity contribution in [3.8, 4) is 0 Å². The maximum atomic E-state index is 14.8. The van der Waals surface area contributed by atoms with Crippen molar-refractivity contribution in [1.29, 1.82) is 0 Å². The molecule has 0 heterocycles. The summed E-state index contributed by atoms with van der Waals surface area (Å²) in [5.74, 6) is 0. The van der Waals surface area contributed by atoms with Gasteiger partial charge >= 0.3 is 15.2 Å². The van der Waals surface area contributed by atoms with Gasteiger partial charge in [-0.3, -0.25) is 9.13 Å². The second kappa shape index (κ2) is 21.6. The first-order valence-electron chi connectivity index (χ1n) is 23.4. The van der Waals surface area contributed by atoms with Crippen LogP contribution in [0.25, 0.3) is 0 Å². The van der Waals surface area contributed by atoms with Gasteiger partial charge in [0.15, 0.2) is 4.90 Å². The average molecular weight is 949 g/mol. The number of rotatable bonds is 20. The molecule has 344 valence electrons. The summed E-state index contributed by atoms with van der Waals surface area (Å²) in [5.41, 5.74) is 6.46. The van der Waals surface area contributed by atoms with Gasteiger partial charge in [-0.05, 0) is 144 Å². The Morgan fingerprint density at radius 1 is 0.431 bits per heavy atom. The van der Waals surface area contributed by atoms with Gasteiger partial charge in [0.05, 0.1) is 0 Å². The van der Waals surface area contributed by atoms with Crippen LogP contribution in [0, 0.1) is 0 Å². The maximum absolute atomic E-state index is 14.8. The zero-order chi connectivity index (χ0) is 47.2. The molecule has 6 aromatic rings. The fourth-order valence-corrected chi connectivity index (χ4v) is 20.6. The zero-order valence-corrected chi connectivity index (χ0v) is 43.0. The van der Waals surface area contributed by atoms with Crippen molar-refractivity contribution in [2.24, 2.45) is 0 Å². The van der Waals surface area contributed by atoms with Crippen molar-refractivity contribution in [2.75, 3.05) is 0 Å². The monoisotopic (exact) mass is 948 g/mol. The highest BCUT2D eigenvalue weighted by molar-refractivity contribution is 7.80. The smallest absolute Gasteiger partial charge is 0.324 e. The largest absolute Gasteiger partial charge is 0.345 e. The quantitative estimate of drug-likeness (QED) is 0.0567. The minimum absolute atomic E-state index is 0.114. The molecule has 0 amide bonds. The summed E-state index contributed by atoms with van der Waals surface area (Å²) in [5, 5.41) is 7.16. The van der Waals surface area contributed by atoms with E-state index in [1.54, 1.807) is 0 Å². The van der Waals surface area contributed by atoms with Crippen LogP contribution in [0.5, 0.6) is 0 Å². The van der Waals surface area contributed by atoms with Crippen molar-refractivity contribution < 1.29 is 28.7 Å². The highest BCUT2D eigenvalue weighted by atomic mass is 31.2. The van der Waals surface area contributed by atoms with Crippen LogP contribution >= 0.6 is 31.0 Å². The van der Waals surface area contributed by atoms with Crippen molar-refractivity contribution >= 4 is 62.9 Å². The molecule has 0 saturated heterocycles. The highest BCUT2D eigenvalue weighted by Gasteiger charge is 2.71. The average Bonchev–Trinajstić information content (AvgIpc) is 3.32. The Kier molecular flexibility index (Phi) is 16.9. The van der Waals surface area contributed by atoms with E-state index in [2.05, 4.69) is 114 Å². The van der Waals surface area contributed by atoms with Crippen LogP contribution < -0.4 is 31.8 Å². The maximum Gasteiger partial charge on any atom is 0.345 e. The predicted molar refractivity (Wildman–Crippen MR) is 279 cm³/mol. The van der Waals surface area contributed by atoms with Crippen LogP contribution in [0.15, 0.2) is 133 Å². The molecule has 10 heteroatoms. The second-order valence-electron chi connectivity index (χ2n) is 16.9. The first kappa shape index (κ1) is 50.9. The Morgan fingerprint density at radius 3 is 1.20 bits per heavy atom. The summed E-state index contributed by atoms with van der Waals surface area (Å²) in [6.07, 6.45) is 3.90. The van der Waals surface area contributed by atoms with Gasteiger partial charge in [-0.1, -0.05) is 189 Å². The van der Waals surface area contributed by atoms with Gasteiger partial charge in [0.25, 0.3) is 0 Å². The molecule has 6 aromatic carbocycles. The van der Waals surface area contributed by atoms with E-state index in [0.717, 1.165) is 56.6 Å². The standard InChI is InChI=1S/C55H68O6P4/c1-9-41-27-26-34-51(46(41)10-2)63(44-32-24-19-25-33-44)53-49(13-5)47(11-3)52(48(12-4)50(53)14-6)54(15-7,16-8)55(64(56,57)58,65(59,60)61)39-40-35-37-45(38-36-40)62(42-28-20-17-21-29-42)43-30-22-18-23-31-43/h17-38H,9-16,39H2,1-8H3,(H2,56,57,58)(H2,59,60,61). The van der Waals surface area contributed by atoms with Gasteiger partial charge in [0.1, 0.15) is 0 Å². The second-order valence-corrected chi connectivity index (χ2v) is 25.3. The summed E-state index contributed by atoms with van der Waals surface area (Å²) in [7, 11) is -13.4. The number of benzene rings is 6. The van der Waals surface area contributed by atoms with E-state index in [0.29, 0.717) is 31.2 Å². The van der Waals surface area contributed by atoms with Gasteiger partial charge in [-0.2, -0.15) is 0 Å². The lowest BCUT2D eigenvalue weighted by Crippen LogP contribution is -2.53. The topological polar surface area (TPSA) is 115 Å². The van der Waals surface area contributed by atoms with Gasteiger partial charge in [0.2, 0.25) is 0 Å². The molecular formula is C55H68O6P4. The third kappa shape index (κ3) is 9.38. The van der Waals surface area contributed by atoms with Crippen LogP contribution in [0.1, 0.15) is 113 Å². The van der Waals surface area contributed by atoms with Crippen molar-refractivity contribution in [2.45, 2.75) is 123 Å². The van der Waals surface area contributed by atoms with Crippen molar-refractivity contribution in [3.63, 3.8) is 0 Å². The Bertz CT molecular complexity index is 2520. The first-order valence-corrected chi connectivity index (χ1v) is 29.4. The molecule has 0 spiro atoms. The Labute approximate surface area is 391 Å². The molecule has 65 heavy (non-hydrogen) atoms. The molecule has 4 N–H and O–H groups in total. The normalized spacial score (nSPS) is 13.1. The van der Waals surface area contributed by atoms with Gasteiger partial charge in [-0.15, -0.1) is 0 Å². The van der Waals surface area contributed by atoms with E-state index in [4.69, 9.17) is 0 Å². The van der Waals surface area contributed by atoms with Gasteiger partial charge < -0.3 is 19.6 Å². The lowest BCUT2D eigenvalue weighted by molar-refractivity contribution is 0.226. The van der Waals surface area contributed by atoms with Crippen LogP contribution in [-0.2, 0) is 59.5 Å². The third-order valence-corrected chi connectivity index (χ3v) is 23.7. The first-order chi connectivity index (χ1) is 31.2. The molecule has 6 rings (SSSR count). The Balaban J connectivity index is 1.68. The number of aryl methyl sites for hydroxylation is 1. The fourth-order valence-electron chi connectivity index (χ4n) is 11.0. The molecule has 0 fully saturated rings. The van der Waals surface area contributed by atoms with E-state index in [9.17, 15) is 28.7 Å². The summed E-state index contributed by atoms with van der Waals surface area (Å²) in [6.45, 7) is 16.7. The summed E-state index contributed by atoms with van der Waals surface area (Å²) >= 11 is 0. The molecule has 1 atom stereocenters. The molecule has 0 bridgehead atoms. The molecule has 6 nitrogen and oxygen atoms in total. The van der Waals surface area contributed by atoms with Crippen molar-refractivity contribution in [3.05, 3.63) is 178 Å². The van der Waals surface area contributed by atoms with Crippen LogP contribution in [0.3, 0.4) is 0 Å². The Morgan fingerprint density at radius 2 is 0.831 bits per heavy atom. The summed E-state index contributed by atoms with van der Waals surface area (Å²) < 4.78 is 29.6. The highest BCUT2D eigenvalue weighted by Crippen LogP contribution is 2.78. The van der Waals surface area contributed by atoms with Crippen LogP contribution in [0.2, 0.25) is 0 Å². The lowest BCUT2D eigenvalue weighted by atomic mass is 9.65. The van der Waals surface area contributed by atoms with Crippen LogP contribution in [-0.4, -0.2) is 24.5 Å². The molecular weight excluding hydrogens is 880 g/mol. The predicted octanol–water partition coefficient (Wildman–Crippen LogP) is 10.9. The summed E-state index contributed by atoms with van der Waals surface area (Å²) in [6, 6.07) is 45.6. The molecule has 0 aromatic heterocycles. The minimum Gasteiger partial charge on any atom is -0.324 e. The molecule has 0 aliphatic heterocycles. The SMILES string of the molecule is CCc1cccc(P(c2ccccc2)c2c(CC)c(CC)c(C(CC)(CC)C(Cc3ccc(P(c4ccccc4)c4ccccc4)cc3)(P(=O)(O)O)P(=O)(O)O)c(CC)c2CC)c1CC. The van der Waals surface area contributed by atoms with E-state index < -0.39 is 47.8 Å². The van der Waals surface area contributed by atoms with Gasteiger partial charge in [0, 0.05) is 11.8 Å². The number of hydrogen-bond acceptors (Lipinski definition) is 2. The third-order valence-electron chi connectivity index (χ3n) is 13.9. The fraction of sp³-hybridized carbons (Fsp3) is 0.345. The number of hydrogen-bond donors (Lipinski definition) is 4. The van der Waals surface area contributed by atoms with E-state index in [-0.39, 0.29) is 12.8 Å². The Hall–Kier alpha value is -3.52. The van der Waals surface area contributed by atoms with Crippen LogP contribution in [0.4, 0.5) is 0 Å². The van der Waals surface area contributed by atoms with E-state index in [1.165, 1.54) is 27.0 Å². The van der Waals surface area contributed by atoms with E-state index >= 15 is 0 Å². The molecule has 1 unspecified atom stereocenters. The molecule has 0 radical (unpaired) electrons. The molecule has 0 aliphatic rings. The van der Waals surface area contributed by atoms with Gasteiger partial charge in [-0.25, -0.2) is 0 Å². The van der Waals surface area contributed by atoms with Crippen molar-refractivity contribution in [1.82, 2.24) is 0 Å². The van der Waals surface area contributed by atoms with E-state index in [1.807, 2.05) is 74.5 Å². The summed E-state index contributed by atoms with van der Waals surface area (Å²) in [4.78, 5) is 45.1. The minimum atomic E-state index is -5.65. The lowest BCUT2D eigenvalue weighted by Gasteiger charge is -2.52. The zero-order valence-electron chi connectivity index (χ0n) is 39.5.